The minimum atomic E-state index is 0.289. The van der Waals surface area contributed by atoms with Crippen molar-refractivity contribution in [3.05, 3.63) is 71.8 Å². The Labute approximate surface area is 192 Å². The van der Waals surface area contributed by atoms with Crippen LogP contribution in [0.1, 0.15) is 18.4 Å². The first-order valence-electron chi connectivity index (χ1n) is 10.9. The molecule has 0 aliphatic carbocycles. The molecule has 0 unspecified atom stereocenters. The van der Waals surface area contributed by atoms with Crippen molar-refractivity contribution in [2.75, 3.05) is 25.6 Å². The van der Waals surface area contributed by atoms with Crippen molar-refractivity contribution >= 4 is 22.4 Å². The first-order valence-corrected chi connectivity index (χ1v) is 10.9. The van der Waals surface area contributed by atoms with Gasteiger partial charge >= 0.3 is 0 Å². The first-order chi connectivity index (χ1) is 16.2. The normalized spacial score (nSPS) is 14.2. The zero-order chi connectivity index (χ0) is 22.6. The average Bonchev–Trinajstić information content (AvgIpc) is 3.24. The van der Waals surface area contributed by atoms with Crippen molar-refractivity contribution in [3.8, 4) is 17.1 Å². The zero-order valence-corrected chi connectivity index (χ0v) is 18.4. The summed E-state index contributed by atoms with van der Waals surface area (Å²) in [6.07, 6.45) is 5.32. The Hall–Kier alpha value is -3.96. The Morgan fingerprint density at radius 2 is 1.91 bits per heavy atom. The van der Waals surface area contributed by atoms with E-state index in [-0.39, 0.29) is 6.04 Å². The topological polar surface area (TPSA) is 78.5 Å². The Balaban J connectivity index is 1.61. The summed E-state index contributed by atoms with van der Waals surface area (Å²) in [5, 5.41) is 9.46. The molecule has 1 N–H and O–H groups in total. The highest BCUT2D eigenvalue weighted by Crippen LogP contribution is 2.34. The summed E-state index contributed by atoms with van der Waals surface area (Å²) in [6.45, 7) is 9.46. The summed E-state index contributed by atoms with van der Waals surface area (Å²) in [5.74, 6) is 1.60. The number of fused-ring (bicyclic) bond motifs is 1. The van der Waals surface area contributed by atoms with E-state index in [0.29, 0.717) is 23.6 Å². The van der Waals surface area contributed by atoms with Crippen LogP contribution in [0.2, 0.25) is 0 Å². The standard InChI is InChI=1S/C25H24N6O2/c1-26-19-7-11-27-21(15-19)24-23-22(8-12-28-25(23)29-18-9-13-33-14-10-18)31(30-24)16-17-3-5-20(32-2)6-4-17/h3-8,11-12,15,18H,9-10,13-14,16H2,2H3,(H,28,29). The van der Waals surface area contributed by atoms with Gasteiger partial charge < -0.3 is 14.8 Å². The molecule has 0 saturated carbocycles. The molecule has 0 radical (unpaired) electrons. The molecule has 5 rings (SSSR count). The number of methoxy groups -OCH3 is 1. The number of aromatic nitrogens is 4. The molecule has 1 aromatic carbocycles. The first kappa shape index (κ1) is 20.9. The van der Waals surface area contributed by atoms with Crippen molar-refractivity contribution in [3.63, 3.8) is 0 Å². The van der Waals surface area contributed by atoms with E-state index in [1.54, 1.807) is 25.4 Å². The fraction of sp³-hybridized carbons (Fsp3) is 0.280. The van der Waals surface area contributed by atoms with Gasteiger partial charge in [-0.25, -0.2) is 9.83 Å². The van der Waals surface area contributed by atoms with E-state index in [1.807, 2.05) is 41.2 Å². The molecule has 1 fully saturated rings. The lowest BCUT2D eigenvalue weighted by molar-refractivity contribution is 0.0904. The smallest absolute Gasteiger partial charge is 0.190 e. The third-order valence-corrected chi connectivity index (χ3v) is 5.83. The maximum Gasteiger partial charge on any atom is 0.190 e. The second kappa shape index (κ2) is 9.27. The average molecular weight is 441 g/mol. The van der Waals surface area contributed by atoms with Crippen LogP contribution in [-0.4, -0.2) is 46.1 Å². The second-order valence-electron chi connectivity index (χ2n) is 7.95. The summed E-state index contributed by atoms with van der Waals surface area (Å²) in [7, 11) is 1.66. The molecular formula is C25H24N6O2. The summed E-state index contributed by atoms with van der Waals surface area (Å²) < 4.78 is 12.8. The molecule has 4 aromatic rings. The van der Waals surface area contributed by atoms with E-state index < -0.39 is 0 Å². The van der Waals surface area contributed by atoms with Crippen LogP contribution in [0, 0.1) is 6.57 Å². The van der Waals surface area contributed by atoms with E-state index in [1.165, 1.54) is 0 Å². The molecular weight excluding hydrogens is 416 g/mol. The van der Waals surface area contributed by atoms with E-state index in [9.17, 15) is 0 Å². The number of nitrogens with one attached hydrogen (secondary N) is 1. The summed E-state index contributed by atoms with van der Waals surface area (Å²) in [4.78, 5) is 12.8. The van der Waals surface area contributed by atoms with Crippen LogP contribution in [0.4, 0.5) is 11.5 Å². The number of ether oxygens (including phenoxy) is 2. The highest BCUT2D eigenvalue weighted by molar-refractivity contribution is 6.00. The molecule has 33 heavy (non-hydrogen) atoms. The van der Waals surface area contributed by atoms with Crippen LogP contribution >= 0.6 is 0 Å². The van der Waals surface area contributed by atoms with Crippen molar-refractivity contribution in [1.29, 1.82) is 0 Å². The quantitative estimate of drug-likeness (QED) is 0.438. The van der Waals surface area contributed by atoms with Gasteiger partial charge in [0.2, 0.25) is 0 Å². The Morgan fingerprint density at radius 1 is 1.12 bits per heavy atom. The maximum atomic E-state index is 7.39. The number of hydrogen-bond acceptors (Lipinski definition) is 6. The number of hydrogen-bond donors (Lipinski definition) is 1. The molecule has 8 heteroatoms. The molecule has 0 bridgehead atoms. The monoisotopic (exact) mass is 440 g/mol. The van der Waals surface area contributed by atoms with Crippen molar-refractivity contribution in [2.45, 2.75) is 25.4 Å². The molecule has 166 valence electrons. The van der Waals surface area contributed by atoms with E-state index in [0.717, 1.165) is 54.1 Å². The largest absolute Gasteiger partial charge is 0.497 e. The summed E-state index contributed by atoms with van der Waals surface area (Å²) in [5.41, 5.74) is 3.96. The van der Waals surface area contributed by atoms with E-state index in [2.05, 4.69) is 20.1 Å². The number of anilines is 1. The van der Waals surface area contributed by atoms with Crippen molar-refractivity contribution in [1.82, 2.24) is 19.7 Å². The van der Waals surface area contributed by atoms with E-state index >= 15 is 0 Å². The fourth-order valence-corrected chi connectivity index (χ4v) is 4.09. The minimum Gasteiger partial charge on any atom is -0.497 e. The number of pyridine rings is 2. The molecule has 1 aliphatic rings. The van der Waals surface area contributed by atoms with Crippen LogP contribution in [0.15, 0.2) is 54.9 Å². The number of rotatable bonds is 6. The molecule has 8 nitrogen and oxygen atoms in total. The molecule has 3 aromatic heterocycles. The van der Waals surface area contributed by atoms with Gasteiger partial charge in [-0.2, -0.15) is 5.10 Å². The zero-order valence-electron chi connectivity index (χ0n) is 18.4. The minimum absolute atomic E-state index is 0.289. The van der Waals surface area contributed by atoms with Crippen molar-refractivity contribution < 1.29 is 9.47 Å². The third kappa shape index (κ3) is 4.36. The molecule has 0 atom stereocenters. The second-order valence-corrected chi connectivity index (χ2v) is 7.95. The van der Waals surface area contributed by atoms with Crippen molar-refractivity contribution in [2.24, 2.45) is 0 Å². The van der Waals surface area contributed by atoms with Gasteiger partial charge in [0.05, 0.1) is 36.8 Å². The van der Waals surface area contributed by atoms with Crippen LogP contribution < -0.4 is 10.1 Å². The third-order valence-electron chi connectivity index (χ3n) is 5.83. The summed E-state index contributed by atoms with van der Waals surface area (Å²) >= 11 is 0. The van der Waals surface area contributed by atoms with Crippen LogP contribution in [-0.2, 0) is 11.3 Å². The Bertz CT molecular complexity index is 1300. The van der Waals surface area contributed by atoms with Gasteiger partial charge in [0.15, 0.2) is 5.69 Å². The van der Waals surface area contributed by atoms with Crippen LogP contribution in [0.25, 0.3) is 27.1 Å². The molecule has 1 aliphatic heterocycles. The highest BCUT2D eigenvalue weighted by atomic mass is 16.5. The van der Waals surface area contributed by atoms with Crippen LogP contribution in [0.5, 0.6) is 5.75 Å². The molecule has 1 saturated heterocycles. The molecule has 4 heterocycles. The van der Waals surface area contributed by atoms with Gasteiger partial charge in [0.25, 0.3) is 0 Å². The molecule has 0 spiro atoms. The van der Waals surface area contributed by atoms with Gasteiger partial charge in [-0.3, -0.25) is 9.67 Å². The highest BCUT2D eigenvalue weighted by Gasteiger charge is 2.21. The van der Waals surface area contributed by atoms with E-state index in [4.69, 9.17) is 21.1 Å². The predicted octanol–water partition coefficient (Wildman–Crippen LogP) is 4.69. The Morgan fingerprint density at radius 3 is 2.67 bits per heavy atom. The SMILES string of the molecule is [C-]#[N+]c1ccnc(-c2nn(Cc3ccc(OC)cc3)c3ccnc(NC4CCOCC4)c23)c1. The molecule has 0 amide bonds. The van der Waals surface area contributed by atoms with Gasteiger partial charge in [0, 0.05) is 31.6 Å². The lowest BCUT2D eigenvalue weighted by Gasteiger charge is -2.24. The number of nitrogens with zero attached hydrogens (tertiary/aromatic N) is 5. The van der Waals surface area contributed by atoms with Gasteiger partial charge in [-0.1, -0.05) is 12.1 Å². The lowest BCUT2D eigenvalue weighted by Crippen LogP contribution is -2.28. The van der Waals surface area contributed by atoms with Gasteiger partial charge in [-0.15, -0.1) is 0 Å². The van der Waals surface area contributed by atoms with Gasteiger partial charge in [-0.05, 0) is 48.7 Å². The predicted molar refractivity (Wildman–Crippen MR) is 127 cm³/mol. The lowest BCUT2D eigenvalue weighted by atomic mass is 10.1. The summed E-state index contributed by atoms with van der Waals surface area (Å²) in [6, 6.07) is 13.7. The maximum absolute atomic E-state index is 7.39. The Kier molecular flexibility index (Phi) is 5.87. The fourth-order valence-electron chi connectivity index (χ4n) is 4.09. The van der Waals surface area contributed by atoms with Gasteiger partial charge in [0.1, 0.15) is 17.3 Å². The number of benzene rings is 1. The van der Waals surface area contributed by atoms with Crippen LogP contribution in [0.3, 0.4) is 0 Å².